The van der Waals surface area contributed by atoms with E-state index in [1.54, 1.807) is 20.3 Å². The average molecular weight is 833 g/mol. The van der Waals surface area contributed by atoms with Gasteiger partial charge in [-0.1, -0.05) is 119 Å². The van der Waals surface area contributed by atoms with Gasteiger partial charge < -0.3 is 24.6 Å². The molecular weight excluding hydrogens is 755 g/mol. The van der Waals surface area contributed by atoms with Crippen molar-refractivity contribution in [1.82, 2.24) is 10.2 Å². The van der Waals surface area contributed by atoms with E-state index in [0.717, 1.165) is 24.5 Å². The number of amides is 1. The molecule has 0 bridgehead atoms. The van der Waals surface area contributed by atoms with E-state index in [2.05, 4.69) is 58.8 Å². The van der Waals surface area contributed by atoms with E-state index >= 15 is 0 Å². The maximum atomic E-state index is 13.7. The second-order valence-electron chi connectivity index (χ2n) is 14.6. The Balaban J connectivity index is 0. The topological polar surface area (TPSA) is 92.6 Å². The lowest BCUT2D eigenvalue weighted by Gasteiger charge is -2.23. The molecule has 0 spiro atoms. The van der Waals surface area contributed by atoms with Gasteiger partial charge in [0.1, 0.15) is 11.6 Å². The number of ether oxygens (including phenoxy) is 3. The predicted molar refractivity (Wildman–Crippen MR) is 233 cm³/mol. The molecule has 2 aromatic rings. The van der Waals surface area contributed by atoms with Gasteiger partial charge in [-0.05, 0) is 61.9 Å². The maximum absolute atomic E-state index is 13.7. The maximum Gasteiger partial charge on any atom is 0.416 e. The van der Waals surface area contributed by atoms with Gasteiger partial charge >= 0.3 is 6.18 Å². The van der Waals surface area contributed by atoms with E-state index in [0.29, 0.717) is 75.5 Å². The third kappa shape index (κ3) is 26.8. The number of aromatic hydroxyl groups is 1. The molecule has 0 aromatic heterocycles. The fourth-order valence-electron chi connectivity index (χ4n) is 4.89. The first-order valence-electron chi connectivity index (χ1n) is 20.9. The molecule has 2 N–H and O–H groups in total. The van der Waals surface area contributed by atoms with Crippen molar-refractivity contribution in [3.05, 3.63) is 57.1 Å². The number of nitrogens with zero attached hydrogens (tertiary/aromatic N) is 2. The van der Waals surface area contributed by atoms with Crippen molar-refractivity contribution in [3.63, 3.8) is 0 Å². The number of methoxy groups -OCH3 is 2. The zero-order valence-corrected chi connectivity index (χ0v) is 38.1. The molecule has 2 rings (SSSR count). The number of amidine groups is 1. The zero-order valence-electron chi connectivity index (χ0n) is 37.4. The van der Waals surface area contributed by atoms with Crippen LogP contribution in [0.2, 0.25) is 5.02 Å². The Bertz CT molecular complexity index is 1360. The van der Waals surface area contributed by atoms with Gasteiger partial charge in [0.05, 0.1) is 36.6 Å². The van der Waals surface area contributed by atoms with Gasteiger partial charge in [-0.25, -0.2) is 4.99 Å². The number of aliphatic imine (C=N–C) groups is 1. The first-order valence-corrected chi connectivity index (χ1v) is 21.3. The van der Waals surface area contributed by atoms with E-state index in [9.17, 15) is 23.1 Å². The smallest absolute Gasteiger partial charge is 0.416 e. The van der Waals surface area contributed by atoms with Crippen LogP contribution in [0.1, 0.15) is 160 Å². The Morgan fingerprint density at radius 3 is 1.79 bits per heavy atom. The normalized spacial score (nSPS) is 11.4. The molecule has 12 heteroatoms. The van der Waals surface area contributed by atoms with Crippen LogP contribution < -0.4 is 5.32 Å². The number of nitrogens with one attached hydrogen (secondary N) is 1. The fraction of sp³-hybridized carbons (Fsp3) is 0.689. The van der Waals surface area contributed by atoms with Crippen LogP contribution in [-0.4, -0.2) is 68.9 Å². The number of alkyl halides is 3. The molecule has 0 unspecified atom stereocenters. The quantitative estimate of drug-likeness (QED) is 0.0739. The van der Waals surface area contributed by atoms with Crippen LogP contribution in [0, 0.1) is 5.92 Å². The van der Waals surface area contributed by atoms with Gasteiger partial charge in [0.25, 0.3) is 5.91 Å². The van der Waals surface area contributed by atoms with E-state index in [4.69, 9.17) is 25.8 Å². The number of carbonyl (C=O) groups excluding carboxylic acids is 1. The Hall–Kier alpha value is -2.70. The molecule has 0 saturated heterocycles. The summed E-state index contributed by atoms with van der Waals surface area (Å²) in [4.78, 5) is 19.9. The summed E-state index contributed by atoms with van der Waals surface area (Å²) in [5.41, 5.74) is 0.651. The molecule has 0 saturated carbocycles. The molecule has 1 amide bonds. The van der Waals surface area contributed by atoms with E-state index < -0.39 is 17.6 Å². The predicted octanol–water partition coefficient (Wildman–Crippen LogP) is 13.0. The van der Waals surface area contributed by atoms with Crippen LogP contribution in [0.15, 0.2) is 29.3 Å². The summed E-state index contributed by atoms with van der Waals surface area (Å²) < 4.78 is 57.2. The fourth-order valence-corrected chi connectivity index (χ4v) is 5.13. The van der Waals surface area contributed by atoms with Gasteiger partial charge in [0, 0.05) is 56.6 Å². The van der Waals surface area contributed by atoms with E-state index in [1.165, 1.54) is 51.5 Å². The van der Waals surface area contributed by atoms with Gasteiger partial charge in [0.15, 0.2) is 0 Å². The van der Waals surface area contributed by atoms with Gasteiger partial charge in [-0.2, -0.15) is 13.2 Å². The lowest BCUT2D eigenvalue weighted by molar-refractivity contribution is -0.137. The SMILES string of the molecule is CC(C)C.CCCC.CCCCCC.CCCCc1cc(C(F)(F)F)cc(COCCC)c1N=C(C)NC(=O)c1cc(Cl)cc(CN(CCOC)CCOC)c1O. The van der Waals surface area contributed by atoms with Crippen molar-refractivity contribution in [2.75, 3.05) is 47.1 Å². The number of unbranched alkanes of at least 4 members (excludes halogenated alkanes) is 5. The summed E-state index contributed by atoms with van der Waals surface area (Å²) in [7, 11) is 3.19. The van der Waals surface area contributed by atoms with Gasteiger partial charge in [-0.3, -0.25) is 9.69 Å². The zero-order chi connectivity index (χ0) is 43.8. The Morgan fingerprint density at radius 2 is 1.33 bits per heavy atom. The minimum absolute atomic E-state index is 0.0550. The molecular formula is C45H77ClF3N3O5. The molecule has 0 heterocycles. The average Bonchev–Trinajstić information content (AvgIpc) is 3.15. The monoisotopic (exact) mass is 832 g/mol. The first kappa shape index (κ1) is 56.4. The van der Waals surface area contributed by atoms with Crippen molar-refractivity contribution in [1.29, 1.82) is 0 Å². The lowest BCUT2D eigenvalue weighted by atomic mass is 9.98. The molecule has 8 nitrogen and oxygen atoms in total. The Labute approximate surface area is 349 Å². The van der Waals surface area contributed by atoms with Gasteiger partial charge in [0.2, 0.25) is 0 Å². The molecule has 0 fully saturated rings. The van der Waals surface area contributed by atoms with Crippen molar-refractivity contribution < 1.29 is 37.3 Å². The highest BCUT2D eigenvalue weighted by molar-refractivity contribution is 6.31. The molecule has 330 valence electrons. The van der Waals surface area contributed by atoms with E-state index in [1.807, 2.05) is 18.7 Å². The van der Waals surface area contributed by atoms with Crippen molar-refractivity contribution in [2.45, 2.75) is 153 Å². The summed E-state index contributed by atoms with van der Waals surface area (Å²) in [6, 6.07) is 5.10. The Kier molecular flexibility index (Phi) is 33.8. The summed E-state index contributed by atoms with van der Waals surface area (Å²) >= 11 is 6.33. The summed E-state index contributed by atoms with van der Waals surface area (Å²) in [6.07, 6.45) is 6.17. The number of hydrogen-bond acceptors (Lipinski definition) is 7. The number of hydrogen-bond donors (Lipinski definition) is 2. The molecule has 0 atom stereocenters. The second-order valence-corrected chi connectivity index (χ2v) is 15.0. The summed E-state index contributed by atoms with van der Waals surface area (Å²) in [6.45, 7) is 23.4. The number of carbonyl (C=O) groups is 1. The Morgan fingerprint density at radius 1 is 0.807 bits per heavy atom. The van der Waals surface area contributed by atoms with Crippen LogP contribution in [-0.2, 0) is 40.0 Å². The number of halogens is 4. The van der Waals surface area contributed by atoms with Gasteiger partial charge in [-0.15, -0.1) is 0 Å². The molecule has 57 heavy (non-hydrogen) atoms. The highest BCUT2D eigenvalue weighted by atomic mass is 35.5. The summed E-state index contributed by atoms with van der Waals surface area (Å²) in [5, 5.41) is 13.9. The van der Waals surface area contributed by atoms with Crippen molar-refractivity contribution in [2.24, 2.45) is 10.9 Å². The molecule has 0 aliphatic heterocycles. The first-order chi connectivity index (χ1) is 27.0. The second kappa shape index (κ2) is 34.2. The minimum Gasteiger partial charge on any atom is -0.507 e. The lowest BCUT2D eigenvalue weighted by Crippen LogP contribution is -2.31. The number of phenols is 1. The third-order valence-electron chi connectivity index (χ3n) is 8.05. The van der Waals surface area contributed by atoms with Crippen LogP contribution >= 0.6 is 11.6 Å². The largest absolute Gasteiger partial charge is 0.507 e. The number of phenolic OH excluding ortho intramolecular Hbond substituents is 1. The van der Waals surface area contributed by atoms with Crippen LogP contribution in [0.5, 0.6) is 5.75 Å². The molecule has 0 aliphatic carbocycles. The van der Waals surface area contributed by atoms with Crippen LogP contribution in [0.25, 0.3) is 0 Å². The van der Waals surface area contributed by atoms with Crippen molar-refractivity contribution >= 4 is 29.0 Å². The molecule has 2 aromatic carbocycles. The van der Waals surface area contributed by atoms with E-state index in [-0.39, 0.29) is 34.3 Å². The number of aryl methyl sites for hydroxylation is 1. The highest BCUT2D eigenvalue weighted by Gasteiger charge is 2.32. The van der Waals surface area contributed by atoms with Crippen LogP contribution in [0.4, 0.5) is 18.9 Å². The highest BCUT2D eigenvalue weighted by Crippen LogP contribution is 2.37. The summed E-state index contributed by atoms with van der Waals surface area (Å²) in [5.74, 6) is 0.0805. The van der Waals surface area contributed by atoms with Crippen molar-refractivity contribution in [3.8, 4) is 5.75 Å². The molecule has 0 radical (unpaired) electrons. The number of rotatable bonds is 21. The third-order valence-corrected chi connectivity index (χ3v) is 8.27. The minimum atomic E-state index is -4.53. The standard InChI is InChI=1S/C31H43ClF3N3O5.C6H14.2C4H10/c1-6-8-9-22-15-25(31(33,34)35)16-24(20-43-12-7-2)28(22)36-21(3)37-30(40)27-18-26(32)17-23(29(27)39)19-38(10-13-41-4)11-14-42-5;1-3-5-6-4-2;1-4(2)3;1-3-4-2/h15-18,39H,6-14,19-20H2,1-5H3,(H,36,37,40);3-6H2,1-2H3;4H,1-3H3;3-4H2,1-2H3. The van der Waals surface area contributed by atoms with Crippen LogP contribution in [0.3, 0.4) is 0 Å². The molecule has 0 aliphatic rings. The number of benzene rings is 2.